The number of esters is 1. The van der Waals surface area contributed by atoms with E-state index in [1.54, 1.807) is 6.20 Å². The number of nitrogens with one attached hydrogen (secondary N) is 1. The molecular formula is C21H28N2O3. The van der Waals surface area contributed by atoms with Crippen LogP contribution >= 0.6 is 0 Å². The Morgan fingerprint density at radius 2 is 2.27 bits per heavy atom. The molecule has 1 aromatic heterocycles. The van der Waals surface area contributed by atoms with Gasteiger partial charge < -0.3 is 14.8 Å². The summed E-state index contributed by atoms with van der Waals surface area (Å²) in [5.74, 6) is 0.0312. The van der Waals surface area contributed by atoms with Crippen molar-refractivity contribution >= 4 is 5.97 Å². The van der Waals surface area contributed by atoms with Crippen LogP contribution < -0.4 is 5.32 Å². The van der Waals surface area contributed by atoms with Crippen LogP contribution in [-0.4, -0.2) is 35.3 Å². The number of aromatic nitrogens is 1. The molecule has 0 radical (unpaired) electrons. The third kappa shape index (κ3) is 3.55. The number of rotatable bonds is 4. The number of nitrogens with zero attached hydrogens (tertiary/aromatic N) is 1. The Hall–Kier alpha value is -1.72. The summed E-state index contributed by atoms with van der Waals surface area (Å²) in [6.45, 7) is 5.64. The van der Waals surface area contributed by atoms with Crippen molar-refractivity contribution < 1.29 is 14.3 Å². The molecule has 0 amide bonds. The largest absolute Gasteiger partial charge is 0.459 e. The average Bonchev–Trinajstić information content (AvgIpc) is 3.20. The van der Waals surface area contributed by atoms with Crippen molar-refractivity contribution in [3.63, 3.8) is 0 Å². The standard InChI is InChI=1S/C21H28N2O3/c1-14-6-5-10-21(2)19(26-21)18-16(9-8-14)17(20(24)25-18)13-22-12-15-7-3-4-11-23-15/h3-4,6-7,11,16-19,22H,5,8-10,12-13H2,1-2H3/b14-6+/t16-,17-,18-,19-,21+/m0/s1. The Morgan fingerprint density at radius 1 is 1.38 bits per heavy atom. The van der Waals surface area contributed by atoms with E-state index in [2.05, 4.69) is 30.2 Å². The van der Waals surface area contributed by atoms with E-state index >= 15 is 0 Å². The molecule has 3 aliphatic rings. The molecule has 0 bridgehead atoms. The van der Waals surface area contributed by atoms with Gasteiger partial charge in [0.25, 0.3) is 0 Å². The number of epoxide rings is 1. The summed E-state index contributed by atoms with van der Waals surface area (Å²) in [5.41, 5.74) is 2.26. The molecule has 2 aliphatic heterocycles. The van der Waals surface area contributed by atoms with E-state index in [1.165, 1.54) is 5.57 Å². The Kier molecular flexibility index (Phi) is 4.84. The number of carbonyl (C=O) groups excluding carboxylic acids is 1. The van der Waals surface area contributed by atoms with Crippen LogP contribution in [-0.2, 0) is 20.8 Å². The fourth-order valence-corrected chi connectivity index (χ4v) is 4.43. The Morgan fingerprint density at radius 3 is 3.08 bits per heavy atom. The maximum atomic E-state index is 12.6. The maximum absolute atomic E-state index is 12.6. The second kappa shape index (κ2) is 7.12. The normalized spacial score (nSPS) is 38.5. The first kappa shape index (κ1) is 17.7. The lowest BCUT2D eigenvalue weighted by Gasteiger charge is -2.22. The van der Waals surface area contributed by atoms with Gasteiger partial charge in [-0.15, -0.1) is 0 Å². The lowest BCUT2D eigenvalue weighted by Crippen LogP contribution is -2.34. The number of ether oxygens (including phenoxy) is 2. The van der Waals surface area contributed by atoms with E-state index in [4.69, 9.17) is 9.47 Å². The molecule has 1 aromatic rings. The van der Waals surface area contributed by atoms with Crippen LogP contribution in [0.1, 0.15) is 45.2 Å². The highest BCUT2D eigenvalue weighted by molar-refractivity contribution is 5.75. The van der Waals surface area contributed by atoms with Gasteiger partial charge in [-0.2, -0.15) is 0 Å². The zero-order valence-electron chi connectivity index (χ0n) is 15.6. The molecule has 5 nitrogen and oxygen atoms in total. The lowest BCUT2D eigenvalue weighted by atomic mass is 9.80. The zero-order valence-corrected chi connectivity index (χ0v) is 15.6. The summed E-state index contributed by atoms with van der Waals surface area (Å²) in [5, 5.41) is 3.40. The quantitative estimate of drug-likeness (QED) is 0.510. The zero-order chi connectivity index (χ0) is 18.1. The van der Waals surface area contributed by atoms with E-state index in [1.807, 2.05) is 18.2 Å². The molecule has 0 unspecified atom stereocenters. The van der Waals surface area contributed by atoms with Gasteiger partial charge in [0.1, 0.15) is 12.2 Å². The summed E-state index contributed by atoms with van der Waals surface area (Å²) >= 11 is 0. The minimum Gasteiger partial charge on any atom is -0.459 e. The summed E-state index contributed by atoms with van der Waals surface area (Å²) < 4.78 is 11.8. The molecule has 2 fully saturated rings. The monoisotopic (exact) mass is 356 g/mol. The van der Waals surface area contributed by atoms with Gasteiger partial charge in [-0.3, -0.25) is 9.78 Å². The van der Waals surface area contributed by atoms with Crippen LogP contribution in [0.4, 0.5) is 0 Å². The minimum absolute atomic E-state index is 0.0593. The molecule has 140 valence electrons. The number of pyridine rings is 1. The first-order valence-corrected chi connectivity index (χ1v) is 9.71. The first-order chi connectivity index (χ1) is 12.6. The van der Waals surface area contributed by atoms with Crippen LogP contribution in [0.3, 0.4) is 0 Å². The lowest BCUT2D eigenvalue weighted by molar-refractivity contribution is -0.144. The van der Waals surface area contributed by atoms with Gasteiger partial charge in [0.15, 0.2) is 0 Å². The van der Waals surface area contributed by atoms with Crippen molar-refractivity contribution in [2.24, 2.45) is 11.8 Å². The van der Waals surface area contributed by atoms with Gasteiger partial charge in [0, 0.05) is 25.2 Å². The number of hydrogen-bond acceptors (Lipinski definition) is 5. The molecular weight excluding hydrogens is 328 g/mol. The first-order valence-electron chi connectivity index (χ1n) is 9.71. The van der Waals surface area contributed by atoms with Crippen LogP contribution in [0, 0.1) is 11.8 Å². The van der Waals surface area contributed by atoms with Crippen LogP contribution in [0.2, 0.25) is 0 Å². The summed E-state index contributed by atoms with van der Waals surface area (Å²) in [4.78, 5) is 16.9. The van der Waals surface area contributed by atoms with Gasteiger partial charge in [0.05, 0.1) is 17.2 Å². The smallest absolute Gasteiger partial charge is 0.311 e. The van der Waals surface area contributed by atoms with Crippen molar-refractivity contribution in [1.29, 1.82) is 0 Å². The molecule has 1 N–H and O–H groups in total. The van der Waals surface area contributed by atoms with Crippen LogP contribution in [0.15, 0.2) is 36.0 Å². The topological polar surface area (TPSA) is 63.8 Å². The number of allylic oxidation sites excluding steroid dienone is 2. The van der Waals surface area contributed by atoms with Gasteiger partial charge in [0.2, 0.25) is 0 Å². The van der Waals surface area contributed by atoms with Gasteiger partial charge in [-0.05, 0) is 51.7 Å². The molecule has 0 spiro atoms. The highest BCUT2D eigenvalue weighted by Gasteiger charge is 2.62. The maximum Gasteiger partial charge on any atom is 0.311 e. The molecule has 0 aromatic carbocycles. The van der Waals surface area contributed by atoms with Gasteiger partial charge in [-0.1, -0.05) is 17.7 Å². The molecule has 3 heterocycles. The highest BCUT2D eigenvalue weighted by atomic mass is 16.6. The van der Waals surface area contributed by atoms with Crippen molar-refractivity contribution in [3.8, 4) is 0 Å². The summed E-state index contributed by atoms with van der Waals surface area (Å²) in [6.07, 6.45) is 8.12. The van der Waals surface area contributed by atoms with E-state index in [0.717, 1.165) is 31.4 Å². The Bertz CT molecular complexity index is 690. The van der Waals surface area contributed by atoms with Crippen LogP contribution in [0.25, 0.3) is 0 Å². The van der Waals surface area contributed by atoms with Crippen molar-refractivity contribution in [3.05, 3.63) is 41.7 Å². The van der Waals surface area contributed by atoms with E-state index in [0.29, 0.717) is 13.1 Å². The molecule has 0 saturated carbocycles. The fourth-order valence-electron chi connectivity index (χ4n) is 4.43. The van der Waals surface area contributed by atoms with E-state index in [-0.39, 0.29) is 35.6 Å². The molecule has 4 rings (SSSR count). The number of fused-ring (bicyclic) bond motifs is 3. The number of hydrogen-bond donors (Lipinski definition) is 1. The molecule has 5 atom stereocenters. The van der Waals surface area contributed by atoms with Gasteiger partial charge >= 0.3 is 5.97 Å². The van der Waals surface area contributed by atoms with Crippen LogP contribution in [0.5, 0.6) is 0 Å². The Labute approximate surface area is 155 Å². The molecule has 26 heavy (non-hydrogen) atoms. The second-order valence-electron chi connectivity index (χ2n) is 8.10. The molecule has 5 heteroatoms. The number of carbonyl (C=O) groups is 1. The van der Waals surface area contributed by atoms with E-state index < -0.39 is 0 Å². The predicted octanol–water partition coefficient (Wildman–Crippen LogP) is 3.01. The third-order valence-corrected chi connectivity index (χ3v) is 6.14. The summed E-state index contributed by atoms with van der Waals surface area (Å²) in [6, 6.07) is 5.88. The second-order valence-corrected chi connectivity index (χ2v) is 8.10. The predicted molar refractivity (Wildman–Crippen MR) is 98.3 cm³/mol. The van der Waals surface area contributed by atoms with E-state index in [9.17, 15) is 4.79 Å². The van der Waals surface area contributed by atoms with Crippen molar-refractivity contribution in [2.75, 3.05) is 6.54 Å². The van der Waals surface area contributed by atoms with Gasteiger partial charge in [-0.25, -0.2) is 0 Å². The SMILES string of the molecule is C/C1=C\CC[C@@]2(C)O[C@H]2[C@H]2OC(=O)[C@@H](CNCc3ccccn3)[C@@H]2CC1. The Balaban J connectivity index is 1.44. The fraction of sp³-hybridized carbons (Fsp3) is 0.619. The third-order valence-electron chi connectivity index (χ3n) is 6.14. The van der Waals surface area contributed by atoms with Crippen molar-refractivity contribution in [1.82, 2.24) is 10.3 Å². The average molecular weight is 356 g/mol. The minimum atomic E-state index is -0.131. The molecule has 2 saturated heterocycles. The highest BCUT2D eigenvalue weighted by Crippen LogP contribution is 2.50. The molecule has 1 aliphatic carbocycles. The summed E-state index contributed by atoms with van der Waals surface area (Å²) in [7, 11) is 0. The van der Waals surface area contributed by atoms with Crippen molar-refractivity contribution in [2.45, 2.75) is 63.9 Å².